The number of nitrogens with one attached hydrogen (secondary N) is 2. The van der Waals surface area contributed by atoms with Gasteiger partial charge in [0.25, 0.3) is 0 Å². The molecular formula is C14H14N2O3S. The van der Waals surface area contributed by atoms with Crippen LogP contribution in [0, 0.1) is 0 Å². The van der Waals surface area contributed by atoms with E-state index in [1.165, 1.54) is 0 Å². The topological polar surface area (TPSA) is 78.4 Å². The summed E-state index contributed by atoms with van der Waals surface area (Å²) in [6.07, 6.45) is 0. The van der Waals surface area contributed by atoms with Crippen LogP contribution in [0.3, 0.4) is 0 Å². The summed E-state index contributed by atoms with van der Waals surface area (Å²) in [5.41, 5.74) is 1.54. The lowest BCUT2D eigenvalue weighted by atomic mass is 10.1. The van der Waals surface area contributed by atoms with E-state index in [0.29, 0.717) is 5.69 Å². The van der Waals surface area contributed by atoms with Crippen molar-refractivity contribution in [2.24, 2.45) is 0 Å². The Morgan fingerprint density at radius 2 is 2.00 bits per heavy atom. The summed E-state index contributed by atoms with van der Waals surface area (Å²) >= 11 is 1.60. The number of hydrogen-bond donors (Lipinski definition) is 3. The van der Waals surface area contributed by atoms with Crippen molar-refractivity contribution in [1.82, 2.24) is 5.32 Å². The molecule has 0 saturated carbocycles. The lowest BCUT2D eigenvalue weighted by Gasteiger charge is -2.06. The van der Waals surface area contributed by atoms with Gasteiger partial charge in [0.15, 0.2) is 0 Å². The maximum Gasteiger partial charge on any atom is 0.313 e. The van der Waals surface area contributed by atoms with E-state index in [9.17, 15) is 9.59 Å². The van der Waals surface area contributed by atoms with E-state index in [1.807, 2.05) is 35.7 Å². The van der Waals surface area contributed by atoms with Gasteiger partial charge in [-0.2, -0.15) is 0 Å². The summed E-state index contributed by atoms with van der Waals surface area (Å²) in [6, 6.07) is 11.2. The van der Waals surface area contributed by atoms with Gasteiger partial charge in [-0.25, -0.2) is 0 Å². The number of hydrogen-bond acceptors (Lipinski definition) is 4. The third-order valence-electron chi connectivity index (χ3n) is 2.53. The average Bonchev–Trinajstić information content (AvgIpc) is 2.99. The van der Waals surface area contributed by atoms with Gasteiger partial charge in [-0.15, -0.1) is 11.3 Å². The fraction of sp³-hybridized carbons (Fsp3) is 0.143. The Morgan fingerprint density at radius 3 is 2.70 bits per heavy atom. The van der Waals surface area contributed by atoms with E-state index in [1.54, 1.807) is 17.4 Å². The molecule has 2 rings (SSSR count). The number of carbonyl (C=O) groups excluding carboxylic acids is 2. The number of amides is 2. The molecule has 3 N–H and O–H groups in total. The first-order chi connectivity index (χ1) is 9.70. The molecule has 0 unspecified atom stereocenters. The van der Waals surface area contributed by atoms with Gasteiger partial charge in [-0.1, -0.05) is 18.2 Å². The third-order valence-corrected chi connectivity index (χ3v) is 3.45. The van der Waals surface area contributed by atoms with E-state index < -0.39 is 11.8 Å². The van der Waals surface area contributed by atoms with Crippen molar-refractivity contribution < 1.29 is 14.7 Å². The van der Waals surface area contributed by atoms with Crippen molar-refractivity contribution in [2.45, 2.75) is 0 Å². The van der Waals surface area contributed by atoms with E-state index in [2.05, 4.69) is 10.6 Å². The predicted octanol–water partition coefficient (Wildman–Crippen LogP) is 1.46. The molecule has 2 amide bonds. The Morgan fingerprint density at radius 1 is 1.15 bits per heavy atom. The number of aliphatic hydroxyl groups excluding tert-OH is 1. The normalized spacial score (nSPS) is 10.1. The minimum atomic E-state index is -0.763. The third kappa shape index (κ3) is 3.66. The van der Waals surface area contributed by atoms with E-state index in [4.69, 9.17) is 5.11 Å². The van der Waals surface area contributed by atoms with Crippen molar-refractivity contribution in [3.63, 3.8) is 0 Å². The maximum absolute atomic E-state index is 11.6. The molecule has 0 aliphatic rings. The minimum absolute atomic E-state index is 0.0570. The second-order valence-corrected chi connectivity index (χ2v) is 4.94. The Kier molecular flexibility index (Phi) is 4.86. The Bertz CT molecular complexity index is 596. The predicted molar refractivity (Wildman–Crippen MR) is 78.5 cm³/mol. The molecule has 0 bridgehead atoms. The van der Waals surface area contributed by atoms with E-state index in [0.717, 1.165) is 10.4 Å². The number of anilines is 1. The van der Waals surface area contributed by atoms with Gasteiger partial charge in [-0.3, -0.25) is 9.59 Å². The van der Waals surface area contributed by atoms with Crippen LogP contribution in [0.25, 0.3) is 10.4 Å². The fourth-order valence-electron chi connectivity index (χ4n) is 1.63. The molecule has 5 nitrogen and oxygen atoms in total. The molecule has 0 fully saturated rings. The zero-order valence-electron chi connectivity index (χ0n) is 10.6. The lowest BCUT2D eigenvalue weighted by Crippen LogP contribution is -2.36. The second kappa shape index (κ2) is 6.83. The number of carbonyl (C=O) groups is 2. The highest BCUT2D eigenvalue weighted by Crippen LogP contribution is 2.26. The van der Waals surface area contributed by atoms with Crippen molar-refractivity contribution in [2.75, 3.05) is 18.5 Å². The first-order valence-corrected chi connectivity index (χ1v) is 6.92. The molecule has 0 radical (unpaired) electrons. The molecule has 2 aromatic rings. The standard InChI is InChI=1S/C14H14N2O3S/c17-7-6-15-13(18)14(19)16-11-4-1-3-10(9-11)12-5-2-8-20-12/h1-5,8-9,17H,6-7H2,(H,15,18)(H,16,19). The van der Waals surface area contributed by atoms with E-state index >= 15 is 0 Å². The molecular weight excluding hydrogens is 276 g/mol. The smallest absolute Gasteiger partial charge is 0.313 e. The van der Waals surface area contributed by atoms with E-state index in [-0.39, 0.29) is 13.2 Å². The Balaban J connectivity index is 2.05. The van der Waals surface area contributed by atoms with Crippen LogP contribution in [-0.4, -0.2) is 30.1 Å². The number of aliphatic hydroxyl groups is 1. The average molecular weight is 290 g/mol. The monoisotopic (exact) mass is 290 g/mol. The minimum Gasteiger partial charge on any atom is -0.395 e. The highest BCUT2D eigenvalue weighted by atomic mass is 32.1. The van der Waals surface area contributed by atoms with Crippen LogP contribution in [-0.2, 0) is 9.59 Å². The van der Waals surface area contributed by atoms with Gasteiger partial charge >= 0.3 is 11.8 Å². The van der Waals surface area contributed by atoms with Crippen LogP contribution in [0.1, 0.15) is 0 Å². The highest BCUT2D eigenvalue weighted by Gasteiger charge is 2.13. The second-order valence-electron chi connectivity index (χ2n) is 3.99. The molecule has 0 spiro atoms. The fourth-order valence-corrected chi connectivity index (χ4v) is 2.35. The molecule has 0 saturated heterocycles. The highest BCUT2D eigenvalue weighted by molar-refractivity contribution is 7.13. The molecule has 20 heavy (non-hydrogen) atoms. The summed E-state index contributed by atoms with van der Waals surface area (Å²) in [5.74, 6) is -1.51. The van der Waals surface area contributed by atoms with Gasteiger partial charge in [-0.05, 0) is 29.1 Å². The Hall–Kier alpha value is -2.18. The number of rotatable bonds is 4. The Labute approximate surface area is 120 Å². The SMILES string of the molecule is O=C(NCCO)C(=O)Nc1cccc(-c2cccs2)c1. The summed E-state index contributed by atoms with van der Waals surface area (Å²) in [6.45, 7) is -0.144. The molecule has 6 heteroatoms. The molecule has 1 heterocycles. The first-order valence-electron chi connectivity index (χ1n) is 6.04. The van der Waals surface area contributed by atoms with Gasteiger partial charge in [0.05, 0.1) is 6.61 Å². The van der Waals surface area contributed by atoms with Crippen molar-refractivity contribution in [3.8, 4) is 10.4 Å². The van der Waals surface area contributed by atoms with Crippen LogP contribution in [0.5, 0.6) is 0 Å². The maximum atomic E-state index is 11.6. The van der Waals surface area contributed by atoms with Gasteiger partial charge in [0.1, 0.15) is 0 Å². The molecule has 0 aliphatic heterocycles. The van der Waals surface area contributed by atoms with Crippen molar-refractivity contribution in [3.05, 3.63) is 41.8 Å². The van der Waals surface area contributed by atoms with Crippen molar-refractivity contribution >= 4 is 28.8 Å². The lowest BCUT2D eigenvalue weighted by molar-refractivity contribution is -0.136. The summed E-state index contributed by atoms with van der Waals surface area (Å²) < 4.78 is 0. The number of benzene rings is 1. The molecule has 104 valence electrons. The van der Waals surface area contributed by atoms with Gasteiger partial charge < -0.3 is 15.7 Å². The van der Waals surface area contributed by atoms with Crippen LogP contribution < -0.4 is 10.6 Å². The number of thiophene rings is 1. The molecule has 0 atom stereocenters. The first kappa shape index (κ1) is 14.2. The zero-order valence-corrected chi connectivity index (χ0v) is 11.4. The van der Waals surface area contributed by atoms with Gasteiger partial charge in [0.2, 0.25) is 0 Å². The summed E-state index contributed by atoms with van der Waals surface area (Å²) in [4.78, 5) is 24.1. The summed E-state index contributed by atoms with van der Waals surface area (Å²) in [5, 5.41) is 15.4. The summed E-state index contributed by atoms with van der Waals surface area (Å²) in [7, 11) is 0. The van der Waals surface area contributed by atoms with Crippen LogP contribution in [0.4, 0.5) is 5.69 Å². The van der Waals surface area contributed by atoms with Crippen LogP contribution >= 0.6 is 11.3 Å². The van der Waals surface area contributed by atoms with Crippen LogP contribution in [0.2, 0.25) is 0 Å². The van der Waals surface area contributed by atoms with Crippen molar-refractivity contribution in [1.29, 1.82) is 0 Å². The quantitative estimate of drug-likeness (QED) is 0.746. The zero-order chi connectivity index (χ0) is 14.4. The molecule has 0 aliphatic carbocycles. The molecule has 1 aromatic carbocycles. The largest absolute Gasteiger partial charge is 0.395 e. The van der Waals surface area contributed by atoms with Gasteiger partial charge in [0, 0.05) is 17.1 Å². The molecule has 1 aromatic heterocycles. The van der Waals surface area contributed by atoms with Crippen LogP contribution in [0.15, 0.2) is 41.8 Å².